The molecule has 0 bridgehead atoms. The van der Waals surface area contributed by atoms with Crippen molar-refractivity contribution in [2.24, 2.45) is 5.92 Å². The molecule has 0 unspecified atom stereocenters. The first-order valence-corrected chi connectivity index (χ1v) is 20.2. The highest BCUT2D eigenvalue weighted by atomic mass is 16.2. The van der Waals surface area contributed by atoms with E-state index >= 15 is 4.79 Å². The smallest absolute Gasteiger partial charge is 0.244 e. The number of carbonyl (C=O) groups excluding carboxylic acids is 4. The van der Waals surface area contributed by atoms with Crippen LogP contribution in [0.15, 0.2) is 103 Å². The summed E-state index contributed by atoms with van der Waals surface area (Å²) in [5.41, 5.74) is 2.95. The average Bonchev–Trinajstić information content (AvgIpc) is 3.75. The Bertz CT molecular complexity index is 1820. The first-order valence-electron chi connectivity index (χ1n) is 20.2. The van der Waals surface area contributed by atoms with Crippen molar-refractivity contribution in [2.45, 2.75) is 109 Å². The molecule has 2 heterocycles. The van der Waals surface area contributed by atoms with Crippen LogP contribution in [0.4, 0.5) is 0 Å². The molecule has 4 aromatic rings. The van der Waals surface area contributed by atoms with Crippen LogP contribution in [0.3, 0.4) is 0 Å². The molecular weight excluding hydrogens is 673 g/mol. The molecule has 2 aliphatic rings. The van der Waals surface area contributed by atoms with E-state index in [4.69, 9.17) is 0 Å². The van der Waals surface area contributed by atoms with Gasteiger partial charge in [0.2, 0.25) is 23.6 Å². The number of rotatable bonds is 9. The van der Waals surface area contributed by atoms with E-state index in [1.165, 1.54) is 0 Å². The van der Waals surface area contributed by atoms with Crippen molar-refractivity contribution in [3.05, 3.63) is 120 Å². The predicted molar refractivity (Wildman–Crippen MR) is 214 cm³/mol. The summed E-state index contributed by atoms with van der Waals surface area (Å²) in [6.07, 6.45) is 10.4. The van der Waals surface area contributed by atoms with Gasteiger partial charge in [0.25, 0.3) is 0 Å². The molecule has 8 heteroatoms. The Kier molecular flexibility index (Phi) is 14.3. The number of nitrogens with zero attached hydrogens (tertiary/aromatic N) is 2. The van der Waals surface area contributed by atoms with Gasteiger partial charge in [-0.1, -0.05) is 148 Å². The maximum atomic E-state index is 15.0. The molecule has 0 aromatic heterocycles. The summed E-state index contributed by atoms with van der Waals surface area (Å²) in [6, 6.07) is 32.0. The van der Waals surface area contributed by atoms with Crippen molar-refractivity contribution in [3.63, 3.8) is 0 Å². The van der Waals surface area contributed by atoms with E-state index in [9.17, 15) is 14.4 Å². The number of likely N-dealkylation sites (tertiary alicyclic amines) is 1. The molecule has 0 saturated carbocycles. The molecule has 8 nitrogen and oxygen atoms in total. The SMILES string of the molecule is O=C(NCc1cccc2ccccc12)[C@@H]1CCCCCCCCC[C@@H](Cc2ccccc2)C(=O)N(Cc2ccccc2)[C@@H](CC(=O)N2CCCC2)C(=O)N1. The van der Waals surface area contributed by atoms with Gasteiger partial charge < -0.3 is 20.4 Å². The standard InChI is InChI=1S/C46H56N4O4/c51-43(49-29-16-17-30-49)32-42-45(53)48-41(44(52)47-33-39-26-18-25-37-23-14-15-27-40(37)39)28-13-5-3-1-2-4-12-24-38(31-35-19-8-6-9-20-35)46(54)50(42)34-36-21-10-7-11-22-36/h6-11,14-15,18-23,25-27,38,41-42H,1-5,12-13,16-17,24,28-34H2,(H,47,52)(H,48,53)/t38-,41-,42-/m0/s1. The highest BCUT2D eigenvalue weighted by molar-refractivity contribution is 5.95. The van der Waals surface area contributed by atoms with Crippen LogP contribution < -0.4 is 10.6 Å². The minimum absolute atomic E-state index is 0.124. The molecule has 2 N–H and O–H groups in total. The monoisotopic (exact) mass is 728 g/mol. The Morgan fingerprint density at radius 2 is 1.28 bits per heavy atom. The Labute approximate surface area is 320 Å². The second kappa shape index (κ2) is 19.9. The Balaban J connectivity index is 1.32. The van der Waals surface area contributed by atoms with Crippen LogP contribution in [0.1, 0.15) is 93.7 Å². The summed E-state index contributed by atoms with van der Waals surface area (Å²) in [4.78, 5) is 61.2. The van der Waals surface area contributed by atoms with Crippen LogP contribution >= 0.6 is 0 Å². The second-order valence-electron chi connectivity index (χ2n) is 15.1. The lowest BCUT2D eigenvalue weighted by molar-refractivity contribution is -0.148. The zero-order chi connectivity index (χ0) is 37.5. The molecular formula is C46H56N4O4. The molecule has 6 rings (SSSR count). The second-order valence-corrected chi connectivity index (χ2v) is 15.1. The molecule has 0 radical (unpaired) electrons. The normalized spacial score (nSPS) is 20.8. The summed E-state index contributed by atoms with van der Waals surface area (Å²) >= 11 is 0. The molecule has 0 aliphatic carbocycles. The number of benzene rings is 4. The maximum absolute atomic E-state index is 15.0. The van der Waals surface area contributed by atoms with Gasteiger partial charge in [0, 0.05) is 32.1 Å². The van der Waals surface area contributed by atoms with Gasteiger partial charge in [-0.05, 0) is 59.6 Å². The van der Waals surface area contributed by atoms with E-state index in [0.29, 0.717) is 38.9 Å². The Morgan fingerprint density at radius 3 is 2.00 bits per heavy atom. The molecule has 2 fully saturated rings. The highest BCUT2D eigenvalue weighted by Crippen LogP contribution is 2.25. The summed E-state index contributed by atoms with van der Waals surface area (Å²) in [7, 11) is 0. The van der Waals surface area contributed by atoms with Gasteiger partial charge in [0.15, 0.2) is 0 Å². The topological polar surface area (TPSA) is 98.8 Å². The molecule has 2 aliphatic heterocycles. The third-order valence-corrected chi connectivity index (χ3v) is 11.2. The van der Waals surface area contributed by atoms with E-state index in [0.717, 1.165) is 85.3 Å². The van der Waals surface area contributed by atoms with E-state index in [1.54, 1.807) is 4.90 Å². The maximum Gasteiger partial charge on any atom is 0.244 e. The minimum Gasteiger partial charge on any atom is -0.350 e. The van der Waals surface area contributed by atoms with Crippen molar-refractivity contribution in [1.82, 2.24) is 20.4 Å². The van der Waals surface area contributed by atoms with Crippen LogP contribution in [-0.2, 0) is 38.7 Å². The van der Waals surface area contributed by atoms with Crippen LogP contribution in [-0.4, -0.2) is 58.6 Å². The van der Waals surface area contributed by atoms with Gasteiger partial charge in [-0.2, -0.15) is 0 Å². The summed E-state index contributed by atoms with van der Waals surface area (Å²) in [5.74, 6) is -1.33. The van der Waals surface area contributed by atoms with E-state index in [-0.39, 0.29) is 36.6 Å². The average molecular weight is 729 g/mol. The van der Waals surface area contributed by atoms with Crippen molar-refractivity contribution < 1.29 is 19.2 Å². The number of carbonyl (C=O) groups is 4. The molecule has 54 heavy (non-hydrogen) atoms. The van der Waals surface area contributed by atoms with Crippen LogP contribution in [0.2, 0.25) is 0 Å². The first kappa shape index (κ1) is 38.7. The lowest BCUT2D eigenvalue weighted by Gasteiger charge is -2.35. The van der Waals surface area contributed by atoms with Crippen molar-refractivity contribution in [2.75, 3.05) is 13.1 Å². The van der Waals surface area contributed by atoms with Gasteiger partial charge >= 0.3 is 0 Å². The van der Waals surface area contributed by atoms with Gasteiger partial charge in [-0.25, -0.2) is 0 Å². The van der Waals surface area contributed by atoms with Gasteiger partial charge in [-0.3, -0.25) is 19.2 Å². The first-order chi connectivity index (χ1) is 26.5. The van der Waals surface area contributed by atoms with Crippen LogP contribution in [0.25, 0.3) is 10.8 Å². The van der Waals surface area contributed by atoms with Crippen molar-refractivity contribution in [3.8, 4) is 0 Å². The highest BCUT2D eigenvalue weighted by Gasteiger charge is 2.38. The summed E-state index contributed by atoms with van der Waals surface area (Å²) in [5, 5.41) is 8.39. The third-order valence-electron chi connectivity index (χ3n) is 11.2. The molecule has 4 aromatic carbocycles. The van der Waals surface area contributed by atoms with E-state index in [1.807, 2.05) is 77.7 Å². The fraction of sp³-hybridized carbons (Fsp3) is 0.435. The van der Waals surface area contributed by atoms with Gasteiger partial charge in [-0.15, -0.1) is 0 Å². The lowest BCUT2D eigenvalue weighted by atomic mass is 9.90. The van der Waals surface area contributed by atoms with Crippen LogP contribution in [0.5, 0.6) is 0 Å². The Hall–Kier alpha value is -4.98. The van der Waals surface area contributed by atoms with E-state index < -0.39 is 18.0 Å². The largest absolute Gasteiger partial charge is 0.350 e. The van der Waals surface area contributed by atoms with E-state index in [2.05, 4.69) is 41.0 Å². The van der Waals surface area contributed by atoms with Crippen molar-refractivity contribution >= 4 is 34.4 Å². The number of fused-ring (bicyclic) bond motifs is 1. The third kappa shape index (κ3) is 10.8. The molecule has 4 amide bonds. The molecule has 284 valence electrons. The Morgan fingerprint density at radius 1 is 0.667 bits per heavy atom. The van der Waals surface area contributed by atoms with Gasteiger partial charge in [0.1, 0.15) is 12.1 Å². The molecule has 2 saturated heterocycles. The fourth-order valence-corrected chi connectivity index (χ4v) is 8.09. The lowest BCUT2D eigenvalue weighted by Crippen LogP contribution is -2.56. The zero-order valence-electron chi connectivity index (χ0n) is 31.6. The molecule has 3 atom stereocenters. The number of hydrogen-bond donors (Lipinski definition) is 2. The number of hydrogen-bond acceptors (Lipinski definition) is 4. The predicted octanol–water partition coefficient (Wildman–Crippen LogP) is 7.73. The number of nitrogens with one attached hydrogen (secondary N) is 2. The van der Waals surface area contributed by atoms with Crippen molar-refractivity contribution in [1.29, 1.82) is 0 Å². The number of amides is 4. The van der Waals surface area contributed by atoms with Gasteiger partial charge in [0.05, 0.1) is 6.42 Å². The fourth-order valence-electron chi connectivity index (χ4n) is 8.09. The summed E-state index contributed by atoms with van der Waals surface area (Å²) < 4.78 is 0. The minimum atomic E-state index is -1.08. The quantitative estimate of drug-likeness (QED) is 0.184. The summed E-state index contributed by atoms with van der Waals surface area (Å²) in [6.45, 7) is 1.81. The zero-order valence-corrected chi connectivity index (χ0v) is 31.6. The molecule has 0 spiro atoms. The van der Waals surface area contributed by atoms with Crippen LogP contribution in [0, 0.1) is 5.92 Å².